The summed E-state index contributed by atoms with van der Waals surface area (Å²) in [5.41, 5.74) is 1.72. The maximum atomic E-state index is 10.1. The third-order valence-electron chi connectivity index (χ3n) is 6.32. The average Bonchev–Trinajstić information content (AvgIpc) is 3.44. The fourth-order valence-electron chi connectivity index (χ4n) is 4.53. The van der Waals surface area contributed by atoms with Crippen molar-refractivity contribution < 1.29 is 53.9 Å². The van der Waals surface area contributed by atoms with Gasteiger partial charge in [0.2, 0.25) is 13.1 Å². The van der Waals surface area contributed by atoms with Crippen molar-refractivity contribution in [2.45, 2.75) is 42.7 Å². The molecule has 0 aliphatic carbocycles. The standard InChI is InChI=1S/C22H22O11/c23-6-17-18(24)19(25)20(26)22(31-17)33-32-9-1-2-13-11(3-9)21-12(7-27-13)10-4-15-16(29-8-28-15)5-14(10)30-21/h1-5,12,17-26H,6-8H2/t12-,17+,18-,19+,20-,21-,22-/m1/s1. The van der Waals surface area contributed by atoms with Crippen LogP contribution in [0.15, 0.2) is 30.3 Å². The second kappa shape index (κ2) is 7.90. The lowest BCUT2D eigenvalue weighted by Gasteiger charge is -2.38. The highest BCUT2D eigenvalue weighted by molar-refractivity contribution is 5.57. The number of benzene rings is 2. The molecule has 4 heterocycles. The molecule has 11 heteroatoms. The molecule has 7 atom stereocenters. The largest absolute Gasteiger partial charge is 0.492 e. The van der Waals surface area contributed by atoms with Crippen LogP contribution < -0.4 is 23.8 Å². The fourth-order valence-corrected chi connectivity index (χ4v) is 4.53. The van der Waals surface area contributed by atoms with Crippen LogP contribution in [0.2, 0.25) is 0 Å². The summed E-state index contributed by atoms with van der Waals surface area (Å²) in [6.07, 6.45) is -7.47. The van der Waals surface area contributed by atoms with Gasteiger partial charge in [0.15, 0.2) is 17.2 Å². The number of aliphatic hydroxyl groups is 4. The number of hydrogen-bond donors (Lipinski definition) is 4. The van der Waals surface area contributed by atoms with Gasteiger partial charge in [-0.3, -0.25) is 0 Å². The van der Waals surface area contributed by atoms with E-state index in [0.29, 0.717) is 29.6 Å². The number of rotatable bonds is 4. The first-order chi connectivity index (χ1) is 16.0. The first-order valence-corrected chi connectivity index (χ1v) is 10.5. The van der Waals surface area contributed by atoms with Gasteiger partial charge in [0.25, 0.3) is 0 Å². The van der Waals surface area contributed by atoms with E-state index in [1.807, 2.05) is 12.1 Å². The van der Waals surface area contributed by atoms with Gasteiger partial charge in [-0.25, -0.2) is 0 Å². The molecule has 176 valence electrons. The quantitative estimate of drug-likeness (QED) is 0.363. The van der Waals surface area contributed by atoms with E-state index in [0.717, 1.165) is 11.1 Å². The summed E-state index contributed by atoms with van der Waals surface area (Å²) < 4.78 is 28.4. The van der Waals surface area contributed by atoms with Crippen LogP contribution in [0.3, 0.4) is 0 Å². The van der Waals surface area contributed by atoms with Crippen LogP contribution in [0.1, 0.15) is 23.1 Å². The van der Waals surface area contributed by atoms with Crippen molar-refractivity contribution >= 4 is 0 Å². The minimum atomic E-state index is -1.58. The molecule has 33 heavy (non-hydrogen) atoms. The van der Waals surface area contributed by atoms with Crippen molar-refractivity contribution in [3.63, 3.8) is 0 Å². The van der Waals surface area contributed by atoms with Crippen molar-refractivity contribution in [1.29, 1.82) is 0 Å². The highest BCUT2D eigenvalue weighted by Crippen LogP contribution is 2.54. The van der Waals surface area contributed by atoms with Gasteiger partial charge < -0.3 is 49.0 Å². The fraction of sp³-hybridized carbons (Fsp3) is 0.455. The van der Waals surface area contributed by atoms with Gasteiger partial charge in [-0.1, -0.05) is 0 Å². The van der Waals surface area contributed by atoms with E-state index < -0.39 is 37.3 Å². The van der Waals surface area contributed by atoms with Crippen molar-refractivity contribution in [3.05, 3.63) is 41.5 Å². The smallest absolute Gasteiger partial charge is 0.232 e. The lowest BCUT2D eigenvalue weighted by Crippen LogP contribution is -2.59. The lowest BCUT2D eigenvalue weighted by molar-refractivity contribution is -0.386. The Bertz CT molecular complexity index is 1060. The zero-order valence-electron chi connectivity index (χ0n) is 17.2. The summed E-state index contributed by atoms with van der Waals surface area (Å²) in [5, 5.41) is 39.2. The van der Waals surface area contributed by atoms with Crippen molar-refractivity contribution in [3.8, 4) is 28.7 Å². The minimum absolute atomic E-state index is 0.0522. The Hall–Kier alpha value is -2.80. The predicted molar refractivity (Wildman–Crippen MR) is 106 cm³/mol. The number of fused-ring (bicyclic) bond motifs is 6. The molecule has 4 N–H and O–H groups in total. The first-order valence-electron chi connectivity index (χ1n) is 10.5. The zero-order chi connectivity index (χ0) is 22.7. The van der Waals surface area contributed by atoms with Gasteiger partial charge in [-0.15, -0.1) is 0 Å². The average molecular weight is 462 g/mol. The molecule has 4 aliphatic heterocycles. The van der Waals surface area contributed by atoms with Crippen LogP contribution in [0, 0.1) is 0 Å². The Labute approximate surface area is 187 Å². The molecule has 0 saturated carbocycles. The normalized spacial score (nSPS) is 33.4. The van der Waals surface area contributed by atoms with Gasteiger partial charge in [0.1, 0.15) is 42.0 Å². The summed E-state index contributed by atoms with van der Waals surface area (Å²) >= 11 is 0. The van der Waals surface area contributed by atoms with Gasteiger partial charge in [-0.05, 0) is 24.3 Å². The Morgan fingerprint density at radius 3 is 2.48 bits per heavy atom. The minimum Gasteiger partial charge on any atom is -0.492 e. The van der Waals surface area contributed by atoms with E-state index >= 15 is 0 Å². The molecule has 0 aromatic heterocycles. The third-order valence-corrected chi connectivity index (χ3v) is 6.32. The van der Waals surface area contributed by atoms with Gasteiger partial charge in [0.05, 0.1) is 19.1 Å². The molecule has 0 unspecified atom stereocenters. The molecule has 1 fully saturated rings. The molecule has 0 radical (unpaired) electrons. The Morgan fingerprint density at radius 1 is 0.848 bits per heavy atom. The molecule has 6 rings (SSSR count). The maximum absolute atomic E-state index is 10.1. The monoisotopic (exact) mass is 462 g/mol. The number of aliphatic hydroxyl groups excluding tert-OH is 4. The first kappa shape index (κ1) is 20.8. The zero-order valence-corrected chi connectivity index (χ0v) is 17.2. The van der Waals surface area contributed by atoms with Crippen molar-refractivity contribution in [2.24, 2.45) is 0 Å². The molecule has 0 bridgehead atoms. The summed E-state index contributed by atoms with van der Waals surface area (Å²) in [6, 6.07) is 8.76. The predicted octanol–water partition coefficient (Wildman–Crippen LogP) is 0.135. The summed E-state index contributed by atoms with van der Waals surface area (Å²) in [7, 11) is 0. The van der Waals surface area contributed by atoms with Crippen LogP contribution in [0.4, 0.5) is 0 Å². The van der Waals surface area contributed by atoms with Crippen molar-refractivity contribution in [2.75, 3.05) is 20.0 Å². The van der Waals surface area contributed by atoms with Gasteiger partial charge >= 0.3 is 0 Å². The summed E-state index contributed by atoms with van der Waals surface area (Å²) in [6.45, 7) is 0.0498. The summed E-state index contributed by atoms with van der Waals surface area (Å²) in [5.74, 6) is 2.89. The molecular weight excluding hydrogens is 440 g/mol. The maximum Gasteiger partial charge on any atom is 0.232 e. The van der Waals surface area contributed by atoms with Crippen LogP contribution in [-0.4, -0.2) is 71.1 Å². The summed E-state index contributed by atoms with van der Waals surface area (Å²) in [4.78, 5) is 10.5. The van der Waals surface area contributed by atoms with Crippen LogP contribution in [0.5, 0.6) is 28.7 Å². The molecule has 2 aromatic carbocycles. The van der Waals surface area contributed by atoms with Crippen molar-refractivity contribution in [1.82, 2.24) is 0 Å². The van der Waals surface area contributed by atoms with E-state index in [1.54, 1.807) is 18.2 Å². The molecule has 4 aliphatic rings. The second-order valence-electron chi connectivity index (χ2n) is 8.28. The van der Waals surface area contributed by atoms with E-state index in [1.165, 1.54) is 0 Å². The van der Waals surface area contributed by atoms with Crippen LogP contribution in [0.25, 0.3) is 0 Å². The van der Waals surface area contributed by atoms with Crippen LogP contribution >= 0.6 is 0 Å². The Morgan fingerprint density at radius 2 is 1.67 bits per heavy atom. The van der Waals surface area contributed by atoms with Gasteiger partial charge in [-0.2, -0.15) is 4.89 Å². The molecule has 2 aromatic rings. The highest BCUT2D eigenvalue weighted by atomic mass is 17.2. The van der Waals surface area contributed by atoms with E-state index in [9.17, 15) is 20.4 Å². The highest BCUT2D eigenvalue weighted by Gasteiger charge is 2.45. The SMILES string of the molecule is OC[C@@H]1O[C@H](OOc2ccc3c(c2)[C@H]2Oc4cc5c(cc4[C@H]2CO3)OCO5)[C@H](O)[C@@H](O)[C@@H]1O. The van der Waals surface area contributed by atoms with Gasteiger partial charge in [0, 0.05) is 17.2 Å². The molecule has 0 amide bonds. The second-order valence-corrected chi connectivity index (χ2v) is 8.28. The molecule has 1 saturated heterocycles. The Balaban J connectivity index is 1.20. The Kier molecular flexibility index (Phi) is 4.98. The van der Waals surface area contributed by atoms with E-state index in [4.69, 9.17) is 33.5 Å². The van der Waals surface area contributed by atoms with Crippen LogP contribution in [-0.2, 0) is 9.62 Å². The molecule has 11 nitrogen and oxygen atoms in total. The molecular formula is C22H22O11. The van der Waals surface area contributed by atoms with E-state index in [-0.39, 0.29) is 24.6 Å². The third kappa shape index (κ3) is 3.36. The van der Waals surface area contributed by atoms with E-state index in [2.05, 4.69) is 0 Å². The number of ether oxygens (including phenoxy) is 5. The molecule has 0 spiro atoms. The topological polar surface area (TPSA) is 146 Å². The number of hydrogen-bond acceptors (Lipinski definition) is 11. The lowest BCUT2D eigenvalue weighted by atomic mass is 9.89.